The smallest absolute Gasteiger partial charge is 0.365 e. The summed E-state index contributed by atoms with van der Waals surface area (Å²) in [6, 6.07) is 15.8. The van der Waals surface area contributed by atoms with E-state index in [4.69, 9.17) is 9.57 Å². The SMILES string of the molecule is COC1(C2CCCCC2)CCC(N2CCN(c3ccc(C(=O)On4nnc5ccccc54)cc3)CC2)CC1. The summed E-state index contributed by atoms with van der Waals surface area (Å²) >= 11 is 0. The minimum atomic E-state index is -0.449. The lowest BCUT2D eigenvalue weighted by Gasteiger charge is -2.49. The summed E-state index contributed by atoms with van der Waals surface area (Å²) in [7, 11) is 1.95. The molecule has 8 nitrogen and oxygen atoms in total. The summed E-state index contributed by atoms with van der Waals surface area (Å²) in [6.07, 6.45) is 11.8. The van der Waals surface area contributed by atoms with Crippen LogP contribution >= 0.6 is 0 Å². The van der Waals surface area contributed by atoms with E-state index in [0.29, 0.717) is 22.6 Å². The predicted octanol–water partition coefficient (Wildman–Crippen LogP) is 4.73. The maximum absolute atomic E-state index is 12.7. The Bertz CT molecular complexity index is 1220. The van der Waals surface area contributed by atoms with E-state index in [1.807, 2.05) is 55.6 Å². The zero-order chi connectivity index (χ0) is 26.0. The molecule has 38 heavy (non-hydrogen) atoms. The zero-order valence-electron chi connectivity index (χ0n) is 22.4. The van der Waals surface area contributed by atoms with Crippen LogP contribution in [-0.4, -0.2) is 71.0 Å². The fraction of sp³-hybridized carbons (Fsp3) is 0.567. The first-order valence-electron chi connectivity index (χ1n) is 14.3. The molecule has 0 atom stereocenters. The molecule has 1 aromatic heterocycles. The molecule has 0 spiro atoms. The van der Waals surface area contributed by atoms with Gasteiger partial charge in [-0.15, -0.1) is 5.10 Å². The van der Waals surface area contributed by atoms with E-state index >= 15 is 0 Å². The van der Waals surface area contributed by atoms with Crippen LogP contribution in [0.4, 0.5) is 5.69 Å². The van der Waals surface area contributed by atoms with Gasteiger partial charge in [-0.25, -0.2) is 4.79 Å². The summed E-state index contributed by atoms with van der Waals surface area (Å²) in [4.78, 5) is 24.4. The lowest BCUT2D eigenvalue weighted by atomic mass is 9.68. The van der Waals surface area contributed by atoms with Crippen LogP contribution in [0.3, 0.4) is 0 Å². The summed E-state index contributed by atoms with van der Waals surface area (Å²) < 4.78 is 6.24. The van der Waals surface area contributed by atoms with E-state index in [-0.39, 0.29) is 5.60 Å². The highest BCUT2D eigenvalue weighted by molar-refractivity contribution is 5.90. The number of piperazine rings is 1. The first-order chi connectivity index (χ1) is 18.6. The molecule has 3 aliphatic rings. The number of aromatic nitrogens is 3. The Morgan fingerprint density at radius 3 is 2.32 bits per heavy atom. The molecule has 6 rings (SSSR count). The lowest BCUT2D eigenvalue weighted by Crippen LogP contribution is -2.54. The topological polar surface area (TPSA) is 72.7 Å². The van der Waals surface area contributed by atoms with E-state index in [0.717, 1.165) is 37.8 Å². The molecule has 8 heteroatoms. The summed E-state index contributed by atoms with van der Waals surface area (Å²) in [5.74, 6) is 0.310. The maximum atomic E-state index is 12.7. The van der Waals surface area contributed by atoms with Gasteiger partial charge in [-0.3, -0.25) is 4.90 Å². The van der Waals surface area contributed by atoms with Crippen LogP contribution < -0.4 is 9.74 Å². The van der Waals surface area contributed by atoms with Gasteiger partial charge in [0.1, 0.15) is 11.0 Å². The van der Waals surface area contributed by atoms with E-state index in [1.165, 1.54) is 62.6 Å². The van der Waals surface area contributed by atoms with Crippen LogP contribution in [0.5, 0.6) is 0 Å². The van der Waals surface area contributed by atoms with Gasteiger partial charge in [0.15, 0.2) is 0 Å². The third-order valence-corrected chi connectivity index (χ3v) is 9.35. The third-order valence-electron chi connectivity index (χ3n) is 9.35. The molecule has 1 aliphatic heterocycles. The number of hydrogen-bond acceptors (Lipinski definition) is 7. The molecule has 0 amide bonds. The Labute approximate surface area is 224 Å². The fourth-order valence-electron chi connectivity index (χ4n) is 7.06. The number of methoxy groups -OCH3 is 1. The quantitative estimate of drug-likeness (QED) is 0.438. The first-order valence-corrected chi connectivity index (χ1v) is 14.3. The normalized spacial score (nSPS) is 25.5. The number of anilines is 1. The van der Waals surface area contributed by atoms with Crippen molar-refractivity contribution < 1.29 is 14.4 Å². The largest absolute Gasteiger partial charge is 0.378 e. The van der Waals surface area contributed by atoms with Crippen molar-refractivity contribution in [1.29, 1.82) is 0 Å². The van der Waals surface area contributed by atoms with Gasteiger partial charge in [0.05, 0.1) is 11.2 Å². The molecule has 1 saturated heterocycles. The third kappa shape index (κ3) is 5.04. The molecule has 2 aromatic carbocycles. The number of rotatable bonds is 6. The van der Waals surface area contributed by atoms with Crippen molar-refractivity contribution >= 4 is 22.7 Å². The molecular formula is C30H39N5O3. The van der Waals surface area contributed by atoms with Gasteiger partial charge in [-0.05, 0) is 86.1 Å². The summed E-state index contributed by atoms with van der Waals surface area (Å²) in [6.45, 7) is 4.17. The van der Waals surface area contributed by atoms with E-state index in [2.05, 4.69) is 20.1 Å². The number of para-hydroxylation sites is 1. The number of carbonyl (C=O) groups excluding carboxylic acids is 1. The summed E-state index contributed by atoms with van der Waals surface area (Å²) in [5, 5.41) is 7.97. The summed E-state index contributed by atoms with van der Waals surface area (Å²) in [5.41, 5.74) is 3.11. The number of ether oxygens (including phenoxy) is 1. The average molecular weight is 518 g/mol. The van der Waals surface area contributed by atoms with Crippen LogP contribution in [0.1, 0.15) is 68.1 Å². The van der Waals surface area contributed by atoms with E-state index in [1.54, 1.807) is 0 Å². The van der Waals surface area contributed by atoms with Crippen LogP contribution in [0.25, 0.3) is 11.0 Å². The molecule has 3 fully saturated rings. The van der Waals surface area contributed by atoms with Crippen molar-refractivity contribution in [2.45, 2.75) is 69.4 Å². The number of carbonyl (C=O) groups is 1. The van der Waals surface area contributed by atoms with Crippen molar-refractivity contribution in [1.82, 2.24) is 20.1 Å². The standard InChI is InChI=1S/C30H39N5O3/c1-37-30(24-7-3-2-4-8-24)17-15-26(16-18-30)34-21-19-33(20-22-34)25-13-11-23(12-14-25)29(36)38-35-28-10-6-5-9-27(28)31-32-35/h5-6,9-14,24,26H,2-4,7-8,15-22H2,1H3. The molecule has 0 N–H and O–H groups in total. The van der Waals surface area contributed by atoms with Crippen LogP contribution in [0.15, 0.2) is 48.5 Å². The van der Waals surface area contributed by atoms with Crippen molar-refractivity contribution in [2.24, 2.45) is 5.92 Å². The molecule has 0 radical (unpaired) electrons. The minimum absolute atomic E-state index is 0.128. The highest BCUT2D eigenvalue weighted by Crippen LogP contribution is 2.44. The Morgan fingerprint density at radius 1 is 0.895 bits per heavy atom. The number of nitrogens with zero attached hydrogens (tertiary/aromatic N) is 5. The molecule has 2 heterocycles. The molecule has 2 aliphatic carbocycles. The van der Waals surface area contributed by atoms with E-state index in [9.17, 15) is 4.79 Å². The first kappa shape index (κ1) is 25.3. The van der Waals surface area contributed by atoms with Crippen molar-refractivity contribution in [2.75, 3.05) is 38.2 Å². The van der Waals surface area contributed by atoms with Gasteiger partial charge in [0, 0.05) is 45.0 Å². The highest BCUT2D eigenvalue weighted by atomic mass is 16.7. The second-order valence-corrected chi connectivity index (χ2v) is 11.2. The highest BCUT2D eigenvalue weighted by Gasteiger charge is 2.43. The Hall–Kier alpha value is -2.97. The number of fused-ring (bicyclic) bond motifs is 1. The van der Waals surface area contributed by atoms with Crippen molar-refractivity contribution in [3.05, 3.63) is 54.1 Å². The molecule has 202 valence electrons. The Morgan fingerprint density at radius 2 is 1.61 bits per heavy atom. The van der Waals surface area contributed by atoms with Gasteiger partial charge >= 0.3 is 5.97 Å². The average Bonchev–Trinajstić information content (AvgIpc) is 3.40. The van der Waals surface area contributed by atoms with Crippen molar-refractivity contribution in [3.8, 4) is 0 Å². The fourth-order valence-corrected chi connectivity index (χ4v) is 7.06. The van der Waals surface area contributed by atoms with Gasteiger partial charge in [0.2, 0.25) is 0 Å². The van der Waals surface area contributed by atoms with Gasteiger partial charge < -0.3 is 14.5 Å². The molecule has 3 aromatic rings. The van der Waals surface area contributed by atoms with Crippen LogP contribution in [-0.2, 0) is 4.74 Å². The Kier molecular flexibility index (Phi) is 7.34. The van der Waals surface area contributed by atoms with Crippen molar-refractivity contribution in [3.63, 3.8) is 0 Å². The molecule has 2 saturated carbocycles. The molecule has 0 bridgehead atoms. The van der Waals surface area contributed by atoms with Gasteiger partial charge in [0.25, 0.3) is 0 Å². The predicted molar refractivity (Wildman–Crippen MR) is 147 cm³/mol. The lowest BCUT2D eigenvalue weighted by molar-refractivity contribution is -0.105. The number of hydrogen-bond donors (Lipinski definition) is 0. The monoisotopic (exact) mass is 517 g/mol. The van der Waals surface area contributed by atoms with Gasteiger partial charge in [-0.1, -0.05) is 36.2 Å². The molecular weight excluding hydrogens is 478 g/mol. The second-order valence-electron chi connectivity index (χ2n) is 11.2. The minimum Gasteiger partial charge on any atom is -0.378 e. The maximum Gasteiger partial charge on any atom is 0.365 e. The van der Waals surface area contributed by atoms with Crippen LogP contribution in [0.2, 0.25) is 0 Å². The van der Waals surface area contributed by atoms with Crippen LogP contribution in [0, 0.1) is 5.92 Å². The van der Waals surface area contributed by atoms with E-state index < -0.39 is 5.97 Å². The second kappa shape index (κ2) is 11.0. The molecule has 0 unspecified atom stereocenters. The van der Waals surface area contributed by atoms with Gasteiger partial charge in [-0.2, -0.15) is 0 Å². The number of benzene rings is 2. The Balaban J connectivity index is 1.01. The zero-order valence-corrected chi connectivity index (χ0v) is 22.4.